The van der Waals surface area contributed by atoms with Crippen LogP contribution in [0.2, 0.25) is 0 Å². The molecule has 0 N–H and O–H groups in total. The number of fused-ring (bicyclic) bond motifs is 1. The second-order valence-corrected chi connectivity index (χ2v) is 3.22. The highest BCUT2D eigenvalue weighted by molar-refractivity contribution is 7.88. The van der Waals surface area contributed by atoms with E-state index >= 15 is 0 Å². The Bertz CT molecular complexity index is 246. The lowest BCUT2D eigenvalue weighted by Crippen LogP contribution is -2.03. The number of hydrogen-bond donors (Lipinski definition) is 2. The van der Waals surface area contributed by atoms with Gasteiger partial charge in [-0.1, -0.05) is 12.2 Å². The molecule has 1 atom stereocenters. The highest BCUT2D eigenvalue weighted by Gasteiger charge is 2.25. The van der Waals surface area contributed by atoms with Crippen molar-refractivity contribution < 1.29 is 0 Å². The fourth-order valence-electron chi connectivity index (χ4n) is 1.08. The second-order valence-electron chi connectivity index (χ2n) is 2.25. The van der Waals surface area contributed by atoms with Crippen LogP contribution in [0, 0.1) is 5.92 Å². The van der Waals surface area contributed by atoms with Crippen molar-refractivity contribution in [3.8, 4) is 0 Å². The zero-order valence-corrected chi connectivity index (χ0v) is 6.49. The van der Waals surface area contributed by atoms with E-state index in [1.165, 1.54) is 5.57 Å². The summed E-state index contributed by atoms with van der Waals surface area (Å²) in [5.74, 6) is 0.487. The van der Waals surface area contributed by atoms with Gasteiger partial charge in [0.05, 0.1) is 0 Å². The van der Waals surface area contributed by atoms with Crippen LogP contribution in [0.1, 0.15) is 0 Å². The largest absolute Gasteiger partial charge is 0.146 e. The van der Waals surface area contributed by atoms with Crippen LogP contribution in [0.4, 0.5) is 0 Å². The van der Waals surface area contributed by atoms with Crippen LogP contribution in [-0.2, 0) is 0 Å². The Morgan fingerprint density at radius 1 is 1.33 bits per heavy atom. The molecule has 0 amide bonds. The minimum atomic E-state index is 0.487. The van der Waals surface area contributed by atoms with Crippen LogP contribution in [0.5, 0.6) is 0 Å². The smallest absolute Gasteiger partial charge is 0.0341 e. The van der Waals surface area contributed by atoms with Gasteiger partial charge in [-0.3, -0.25) is 0 Å². The predicted octanol–water partition coefficient (Wildman–Crippen LogP) is 2.18. The molecule has 0 aromatic heterocycles. The molecule has 2 rings (SSSR count). The number of allylic oxidation sites excluding steroid dienone is 5. The van der Waals surface area contributed by atoms with Crippen LogP contribution in [0.3, 0.4) is 0 Å². The van der Waals surface area contributed by atoms with E-state index in [-0.39, 0.29) is 0 Å². The molecule has 0 heterocycles. The van der Waals surface area contributed by atoms with Crippen LogP contribution in [0.25, 0.3) is 0 Å². The molecule has 0 saturated heterocycles. The first kappa shape index (κ1) is 5.69. The molecule has 0 aromatic rings. The van der Waals surface area contributed by atoms with E-state index in [0.29, 0.717) is 5.92 Å². The first-order valence-corrected chi connectivity index (χ1v) is 3.70. The van der Waals surface area contributed by atoms with Crippen LogP contribution in [0.15, 0.2) is 33.6 Å². The van der Waals surface area contributed by atoms with E-state index in [1.807, 2.05) is 0 Å². The molecule has 0 radical (unpaired) electrons. The van der Waals surface area contributed by atoms with Gasteiger partial charge >= 0.3 is 0 Å². The van der Waals surface area contributed by atoms with Crippen molar-refractivity contribution in [2.24, 2.45) is 5.92 Å². The van der Waals surface area contributed by atoms with Gasteiger partial charge in [-0.25, -0.2) is 0 Å². The van der Waals surface area contributed by atoms with Crippen molar-refractivity contribution in [1.82, 2.24) is 0 Å². The Labute approximate surface area is 65.2 Å². The molecule has 0 nitrogen and oxygen atoms in total. The topological polar surface area (TPSA) is 0 Å². The lowest BCUT2D eigenvalue weighted by molar-refractivity contribution is 0.949. The molecule has 9 heavy (non-hydrogen) atoms. The van der Waals surface area contributed by atoms with Gasteiger partial charge in [-0.15, -0.1) is 25.3 Å². The highest BCUT2D eigenvalue weighted by Crippen LogP contribution is 2.42. The van der Waals surface area contributed by atoms with E-state index in [4.69, 9.17) is 0 Å². The van der Waals surface area contributed by atoms with E-state index in [0.717, 1.165) is 9.81 Å². The van der Waals surface area contributed by atoms with Crippen molar-refractivity contribution >= 4 is 25.3 Å². The molecular formula is C7H6S2. The van der Waals surface area contributed by atoms with Crippen molar-refractivity contribution in [3.05, 3.63) is 33.6 Å². The monoisotopic (exact) mass is 154 g/mol. The summed E-state index contributed by atoms with van der Waals surface area (Å²) in [6.45, 7) is 0. The molecule has 0 bridgehead atoms. The van der Waals surface area contributed by atoms with Gasteiger partial charge in [-0.2, -0.15) is 0 Å². The maximum absolute atomic E-state index is 4.29. The fraction of sp³-hybridized carbons (Fsp3) is 0.143. The van der Waals surface area contributed by atoms with E-state index < -0.39 is 0 Å². The summed E-state index contributed by atoms with van der Waals surface area (Å²) in [6.07, 6.45) is 6.30. The Balaban J connectivity index is 2.47. The standard InChI is InChI=1S/C7H6S2/c8-6-3-4-1-2-5(4)7(6)9/h1-3,5,8-9H. The molecule has 2 heteroatoms. The molecule has 0 aliphatic heterocycles. The summed E-state index contributed by atoms with van der Waals surface area (Å²) >= 11 is 8.53. The summed E-state index contributed by atoms with van der Waals surface area (Å²) in [5, 5.41) is 0. The quantitative estimate of drug-likeness (QED) is 0.491. The van der Waals surface area contributed by atoms with Gasteiger partial charge in [0.25, 0.3) is 0 Å². The van der Waals surface area contributed by atoms with Gasteiger partial charge in [0.1, 0.15) is 0 Å². The van der Waals surface area contributed by atoms with E-state index in [9.17, 15) is 0 Å². The average Bonchev–Trinajstić information content (AvgIpc) is 1.92. The van der Waals surface area contributed by atoms with Crippen molar-refractivity contribution in [2.45, 2.75) is 0 Å². The third-order valence-corrected chi connectivity index (χ3v) is 2.77. The summed E-state index contributed by atoms with van der Waals surface area (Å²) in [6, 6.07) is 0. The summed E-state index contributed by atoms with van der Waals surface area (Å²) < 4.78 is 0. The average molecular weight is 154 g/mol. The fourth-order valence-corrected chi connectivity index (χ4v) is 1.67. The number of rotatable bonds is 0. The van der Waals surface area contributed by atoms with Gasteiger partial charge in [0, 0.05) is 15.7 Å². The zero-order valence-electron chi connectivity index (χ0n) is 4.70. The molecule has 0 aromatic carbocycles. The number of thiol groups is 2. The summed E-state index contributed by atoms with van der Waals surface area (Å²) in [4.78, 5) is 2.11. The van der Waals surface area contributed by atoms with Crippen LogP contribution < -0.4 is 0 Å². The summed E-state index contributed by atoms with van der Waals surface area (Å²) in [7, 11) is 0. The van der Waals surface area contributed by atoms with E-state index in [2.05, 4.69) is 43.5 Å². The van der Waals surface area contributed by atoms with Crippen molar-refractivity contribution in [3.63, 3.8) is 0 Å². The Morgan fingerprint density at radius 3 is 2.33 bits per heavy atom. The molecule has 0 fully saturated rings. The second kappa shape index (κ2) is 1.70. The Morgan fingerprint density at radius 2 is 2.11 bits per heavy atom. The van der Waals surface area contributed by atoms with Gasteiger partial charge in [-0.05, 0) is 11.6 Å². The Hall–Kier alpha value is -0.0800. The third kappa shape index (κ3) is 0.634. The first-order valence-electron chi connectivity index (χ1n) is 2.81. The molecule has 0 spiro atoms. The third-order valence-electron chi connectivity index (χ3n) is 1.70. The maximum atomic E-state index is 4.29. The molecule has 46 valence electrons. The van der Waals surface area contributed by atoms with Gasteiger partial charge < -0.3 is 0 Å². The lowest BCUT2D eigenvalue weighted by Gasteiger charge is -2.16. The zero-order chi connectivity index (χ0) is 6.43. The highest BCUT2D eigenvalue weighted by atomic mass is 32.1. The molecule has 0 saturated carbocycles. The molecule has 2 aliphatic carbocycles. The van der Waals surface area contributed by atoms with Crippen LogP contribution >= 0.6 is 25.3 Å². The minimum Gasteiger partial charge on any atom is -0.146 e. The van der Waals surface area contributed by atoms with Crippen molar-refractivity contribution in [2.75, 3.05) is 0 Å². The minimum absolute atomic E-state index is 0.487. The van der Waals surface area contributed by atoms with Gasteiger partial charge in [0.2, 0.25) is 0 Å². The summed E-state index contributed by atoms with van der Waals surface area (Å²) in [5.41, 5.74) is 1.35. The van der Waals surface area contributed by atoms with Gasteiger partial charge in [0.15, 0.2) is 0 Å². The molecule has 1 unspecified atom stereocenters. The van der Waals surface area contributed by atoms with E-state index in [1.54, 1.807) is 0 Å². The molecule has 2 aliphatic rings. The maximum Gasteiger partial charge on any atom is 0.0341 e. The molecular weight excluding hydrogens is 148 g/mol. The number of hydrogen-bond acceptors (Lipinski definition) is 2. The normalized spacial score (nSPS) is 30.0. The Kier molecular flexibility index (Phi) is 1.08. The SMILES string of the molecule is SC1=C(S)C2C=CC2=C1. The van der Waals surface area contributed by atoms with Crippen LogP contribution in [-0.4, -0.2) is 0 Å². The lowest BCUT2D eigenvalue weighted by atomic mass is 9.92. The van der Waals surface area contributed by atoms with Crippen molar-refractivity contribution in [1.29, 1.82) is 0 Å². The first-order chi connectivity index (χ1) is 4.29. The predicted molar refractivity (Wildman–Crippen MR) is 45.7 cm³/mol.